The number of hydrogen-bond donors (Lipinski definition) is 1. The molecule has 0 unspecified atom stereocenters. The van der Waals surface area contributed by atoms with E-state index < -0.39 is 11.6 Å². The summed E-state index contributed by atoms with van der Waals surface area (Å²) in [6.07, 6.45) is 6.04. The van der Waals surface area contributed by atoms with E-state index in [1.54, 1.807) is 24.3 Å². The van der Waals surface area contributed by atoms with Gasteiger partial charge in [0.2, 0.25) is 0 Å². The van der Waals surface area contributed by atoms with Crippen LogP contribution in [0.4, 0.5) is 4.79 Å². The number of hydrogen-bond acceptors (Lipinski definition) is 3. The van der Waals surface area contributed by atoms with E-state index in [-0.39, 0.29) is 0 Å². The molecule has 5 nitrogen and oxygen atoms in total. The fraction of sp³-hybridized carbons (Fsp3) is 0.467. The van der Waals surface area contributed by atoms with E-state index in [9.17, 15) is 9.59 Å². The van der Waals surface area contributed by atoms with E-state index in [1.807, 2.05) is 0 Å². The number of rotatable bonds is 2. The van der Waals surface area contributed by atoms with Crippen LogP contribution < -0.4 is 10.9 Å². The summed E-state index contributed by atoms with van der Waals surface area (Å²) < 4.78 is 6.11. The summed E-state index contributed by atoms with van der Waals surface area (Å²) in [6.45, 7) is 0.613. The molecule has 1 N–H and O–H groups in total. The number of para-hydroxylation sites is 1. The van der Waals surface area contributed by atoms with Crippen molar-refractivity contribution >= 4 is 17.0 Å². The van der Waals surface area contributed by atoms with Crippen molar-refractivity contribution in [3.63, 3.8) is 0 Å². The molecule has 0 saturated heterocycles. The molecule has 1 aromatic carbocycles. The minimum atomic E-state index is -0.475. The van der Waals surface area contributed by atoms with Gasteiger partial charge in [0.25, 0.3) is 5.56 Å². The Bertz CT molecular complexity index is 665. The predicted octanol–water partition coefficient (Wildman–Crippen LogP) is 2.73. The number of carbonyl (C=O) groups excluding carboxylic acids is 1. The second-order valence-electron chi connectivity index (χ2n) is 5.38. The van der Waals surface area contributed by atoms with E-state index >= 15 is 0 Å². The minimum absolute atomic E-state index is 0.401. The van der Waals surface area contributed by atoms with Gasteiger partial charge in [0.05, 0.1) is 5.39 Å². The highest BCUT2D eigenvalue weighted by molar-refractivity contribution is 5.82. The Kier molecular flexibility index (Phi) is 3.58. The standard InChI is InChI=1S/C15H18N2O3/c18-14-12-8-4-5-9-13(12)20-17(14)15(19)16-10-11-6-2-1-3-7-11/h4-5,8-9,11H,1-3,6-7,10H2,(H,16,19). The fourth-order valence-corrected chi connectivity index (χ4v) is 2.80. The lowest BCUT2D eigenvalue weighted by molar-refractivity contribution is 0.209. The Labute approximate surface area is 116 Å². The van der Waals surface area contributed by atoms with Gasteiger partial charge in [-0.15, -0.1) is 0 Å². The maximum atomic E-state index is 12.0. The third kappa shape index (κ3) is 2.48. The van der Waals surface area contributed by atoms with Gasteiger partial charge in [0, 0.05) is 6.54 Å². The molecule has 2 aromatic rings. The molecule has 1 fully saturated rings. The van der Waals surface area contributed by atoms with Crippen molar-refractivity contribution in [2.24, 2.45) is 5.92 Å². The summed E-state index contributed by atoms with van der Waals surface area (Å²) in [6, 6.07) is 6.39. The molecule has 1 saturated carbocycles. The molecular weight excluding hydrogens is 256 g/mol. The van der Waals surface area contributed by atoms with Crippen molar-refractivity contribution in [2.75, 3.05) is 6.54 Å². The zero-order valence-electron chi connectivity index (χ0n) is 11.3. The van der Waals surface area contributed by atoms with Gasteiger partial charge in [-0.1, -0.05) is 36.1 Å². The molecule has 106 valence electrons. The first kappa shape index (κ1) is 13.0. The van der Waals surface area contributed by atoms with Gasteiger partial charge < -0.3 is 9.84 Å². The van der Waals surface area contributed by atoms with Crippen molar-refractivity contribution in [3.8, 4) is 0 Å². The maximum Gasteiger partial charge on any atom is 0.358 e. The normalized spacial score (nSPS) is 16.4. The number of nitrogens with one attached hydrogen (secondary N) is 1. The van der Waals surface area contributed by atoms with E-state index in [1.165, 1.54) is 19.3 Å². The van der Waals surface area contributed by atoms with E-state index in [0.29, 0.717) is 23.4 Å². The molecule has 1 amide bonds. The number of fused-ring (bicyclic) bond motifs is 1. The van der Waals surface area contributed by atoms with Crippen LogP contribution in [-0.2, 0) is 0 Å². The Morgan fingerprint density at radius 2 is 2.00 bits per heavy atom. The Hall–Kier alpha value is -2.04. The lowest BCUT2D eigenvalue weighted by Crippen LogP contribution is -2.37. The molecule has 5 heteroatoms. The Morgan fingerprint density at radius 3 is 2.75 bits per heavy atom. The average Bonchev–Trinajstić information content (AvgIpc) is 2.84. The van der Waals surface area contributed by atoms with Crippen molar-refractivity contribution in [1.29, 1.82) is 0 Å². The van der Waals surface area contributed by atoms with Crippen LogP contribution in [-0.4, -0.2) is 17.3 Å². The zero-order chi connectivity index (χ0) is 13.9. The van der Waals surface area contributed by atoms with Crippen LogP contribution in [0.1, 0.15) is 32.1 Å². The number of carbonyl (C=O) groups is 1. The molecule has 1 aliphatic carbocycles. The van der Waals surface area contributed by atoms with Crippen LogP contribution in [0.15, 0.2) is 33.6 Å². The molecule has 3 rings (SSSR count). The van der Waals surface area contributed by atoms with Gasteiger partial charge in [-0.3, -0.25) is 4.79 Å². The third-order valence-corrected chi connectivity index (χ3v) is 3.94. The van der Waals surface area contributed by atoms with Crippen LogP contribution in [0, 0.1) is 5.92 Å². The number of benzene rings is 1. The van der Waals surface area contributed by atoms with Gasteiger partial charge in [-0.2, -0.15) is 0 Å². The Morgan fingerprint density at radius 1 is 1.25 bits per heavy atom. The second-order valence-corrected chi connectivity index (χ2v) is 5.38. The highest BCUT2D eigenvalue weighted by Crippen LogP contribution is 2.22. The van der Waals surface area contributed by atoms with Crippen molar-refractivity contribution < 1.29 is 9.32 Å². The lowest BCUT2D eigenvalue weighted by atomic mass is 9.89. The first-order valence-electron chi connectivity index (χ1n) is 7.15. The monoisotopic (exact) mass is 274 g/mol. The van der Waals surface area contributed by atoms with Gasteiger partial charge >= 0.3 is 6.03 Å². The van der Waals surface area contributed by atoms with Crippen molar-refractivity contribution in [1.82, 2.24) is 10.1 Å². The van der Waals surface area contributed by atoms with Crippen LogP contribution in [0.3, 0.4) is 0 Å². The second kappa shape index (κ2) is 5.53. The molecule has 0 aliphatic heterocycles. The molecule has 20 heavy (non-hydrogen) atoms. The van der Waals surface area contributed by atoms with Gasteiger partial charge in [0.15, 0.2) is 5.58 Å². The molecule has 1 heterocycles. The van der Waals surface area contributed by atoms with Crippen LogP contribution >= 0.6 is 0 Å². The largest absolute Gasteiger partial charge is 0.366 e. The molecule has 0 atom stereocenters. The van der Waals surface area contributed by atoms with Crippen molar-refractivity contribution in [2.45, 2.75) is 32.1 Å². The molecular formula is C15H18N2O3. The number of nitrogens with zero attached hydrogens (tertiary/aromatic N) is 1. The summed E-state index contributed by atoms with van der Waals surface area (Å²) in [5.41, 5.74) is 0.0343. The van der Waals surface area contributed by atoms with Crippen molar-refractivity contribution in [3.05, 3.63) is 34.6 Å². The highest BCUT2D eigenvalue weighted by atomic mass is 16.5. The van der Waals surface area contributed by atoms with Crippen LogP contribution in [0.25, 0.3) is 11.0 Å². The summed E-state index contributed by atoms with van der Waals surface area (Å²) in [5, 5.41) is 3.23. The third-order valence-electron chi connectivity index (χ3n) is 3.94. The first-order chi connectivity index (χ1) is 9.75. The van der Waals surface area contributed by atoms with Crippen LogP contribution in [0.2, 0.25) is 0 Å². The molecule has 1 aromatic heterocycles. The minimum Gasteiger partial charge on any atom is -0.366 e. The van der Waals surface area contributed by atoms with E-state index in [2.05, 4.69) is 5.32 Å². The molecule has 0 bridgehead atoms. The molecule has 1 aliphatic rings. The summed E-state index contributed by atoms with van der Waals surface area (Å²) >= 11 is 0. The van der Waals surface area contributed by atoms with Gasteiger partial charge in [0.1, 0.15) is 0 Å². The number of amides is 1. The van der Waals surface area contributed by atoms with E-state index in [4.69, 9.17) is 4.52 Å². The van der Waals surface area contributed by atoms with Gasteiger partial charge in [-0.05, 0) is 30.9 Å². The van der Waals surface area contributed by atoms with Gasteiger partial charge in [-0.25, -0.2) is 4.79 Å². The smallest absolute Gasteiger partial charge is 0.358 e. The SMILES string of the molecule is O=C(NCC1CCCCC1)n1oc2ccccc2c1=O. The topological polar surface area (TPSA) is 64.2 Å². The fourth-order valence-electron chi connectivity index (χ4n) is 2.80. The zero-order valence-corrected chi connectivity index (χ0v) is 11.3. The lowest BCUT2D eigenvalue weighted by Gasteiger charge is -2.21. The predicted molar refractivity (Wildman–Crippen MR) is 75.8 cm³/mol. The van der Waals surface area contributed by atoms with Crippen LogP contribution in [0.5, 0.6) is 0 Å². The number of aromatic nitrogens is 1. The quantitative estimate of drug-likeness (QED) is 0.915. The maximum absolute atomic E-state index is 12.0. The average molecular weight is 274 g/mol. The summed E-state index contributed by atoms with van der Waals surface area (Å²) in [4.78, 5) is 24.1. The Balaban J connectivity index is 1.72. The molecule has 0 spiro atoms. The highest BCUT2D eigenvalue weighted by Gasteiger charge is 2.18. The molecule has 0 radical (unpaired) electrons. The summed E-state index contributed by atoms with van der Waals surface area (Å²) in [7, 11) is 0. The first-order valence-corrected chi connectivity index (χ1v) is 7.15. The summed E-state index contributed by atoms with van der Waals surface area (Å²) in [5.74, 6) is 0.521. The van der Waals surface area contributed by atoms with E-state index in [0.717, 1.165) is 17.6 Å².